The SMILES string of the molecule is CCOC(=O)CC1CCN2C(=O)OCC2C1. The summed E-state index contributed by atoms with van der Waals surface area (Å²) >= 11 is 0. The highest BCUT2D eigenvalue weighted by Crippen LogP contribution is 2.29. The largest absolute Gasteiger partial charge is 0.466 e. The number of cyclic esters (lactones) is 1. The monoisotopic (exact) mass is 227 g/mol. The van der Waals surface area contributed by atoms with E-state index in [2.05, 4.69) is 0 Å². The molecule has 0 saturated carbocycles. The minimum atomic E-state index is -0.209. The van der Waals surface area contributed by atoms with Gasteiger partial charge in [0.05, 0.1) is 12.6 Å². The third kappa shape index (κ3) is 2.28. The van der Waals surface area contributed by atoms with E-state index in [-0.39, 0.29) is 18.1 Å². The molecule has 0 aliphatic carbocycles. The van der Waals surface area contributed by atoms with Gasteiger partial charge in [-0.3, -0.25) is 4.79 Å². The predicted octanol–water partition coefficient (Wildman–Crippen LogP) is 1.17. The maximum atomic E-state index is 11.3. The lowest BCUT2D eigenvalue weighted by atomic mass is 9.89. The molecule has 0 spiro atoms. The molecule has 1 amide bonds. The second kappa shape index (κ2) is 4.72. The van der Waals surface area contributed by atoms with E-state index in [9.17, 15) is 9.59 Å². The molecule has 90 valence electrons. The molecule has 2 aliphatic heterocycles. The molecule has 0 radical (unpaired) electrons. The van der Waals surface area contributed by atoms with Crippen molar-refractivity contribution in [3.8, 4) is 0 Å². The van der Waals surface area contributed by atoms with Crippen molar-refractivity contribution in [3.63, 3.8) is 0 Å². The zero-order chi connectivity index (χ0) is 11.5. The van der Waals surface area contributed by atoms with Crippen LogP contribution in [0.2, 0.25) is 0 Å². The van der Waals surface area contributed by atoms with Gasteiger partial charge in [0.2, 0.25) is 0 Å². The predicted molar refractivity (Wildman–Crippen MR) is 55.8 cm³/mol. The summed E-state index contributed by atoms with van der Waals surface area (Å²) in [7, 11) is 0. The van der Waals surface area contributed by atoms with Crippen molar-refractivity contribution in [2.45, 2.75) is 32.2 Å². The third-order valence-electron chi connectivity index (χ3n) is 3.22. The van der Waals surface area contributed by atoms with Gasteiger partial charge < -0.3 is 14.4 Å². The molecular formula is C11H17NO4. The molecule has 2 unspecified atom stereocenters. The molecule has 2 fully saturated rings. The lowest BCUT2D eigenvalue weighted by Crippen LogP contribution is -2.41. The first-order valence-electron chi connectivity index (χ1n) is 5.79. The van der Waals surface area contributed by atoms with Gasteiger partial charge in [0.15, 0.2) is 0 Å². The minimum absolute atomic E-state index is 0.133. The number of ether oxygens (including phenoxy) is 2. The lowest BCUT2D eigenvalue weighted by molar-refractivity contribution is -0.144. The summed E-state index contributed by atoms with van der Waals surface area (Å²) in [4.78, 5) is 24.4. The summed E-state index contributed by atoms with van der Waals surface area (Å²) in [5.41, 5.74) is 0. The minimum Gasteiger partial charge on any atom is -0.466 e. The molecule has 0 bridgehead atoms. The van der Waals surface area contributed by atoms with Crippen LogP contribution in [0.15, 0.2) is 0 Å². The second-order valence-electron chi connectivity index (χ2n) is 4.32. The van der Waals surface area contributed by atoms with Crippen molar-refractivity contribution < 1.29 is 19.1 Å². The first kappa shape index (κ1) is 11.2. The molecule has 2 rings (SSSR count). The van der Waals surface area contributed by atoms with Crippen molar-refractivity contribution in [2.24, 2.45) is 5.92 Å². The second-order valence-corrected chi connectivity index (χ2v) is 4.32. The van der Waals surface area contributed by atoms with Crippen LogP contribution < -0.4 is 0 Å². The van der Waals surface area contributed by atoms with Crippen molar-refractivity contribution in [1.82, 2.24) is 4.90 Å². The molecule has 0 aromatic carbocycles. The quantitative estimate of drug-likeness (QED) is 0.679. The Kier molecular flexibility index (Phi) is 3.31. The number of nitrogens with zero attached hydrogens (tertiary/aromatic N) is 1. The van der Waals surface area contributed by atoms with Crippen LogP contribution in [0.4, 0.5) is 4.79 Å². The van der Waals surface area contributed by atoms with Gasteiger partial charge >= 0.3 is 12.1 Å². The van der Waals surface area contributed by atoms with Gasteiger partial charge in [0, 0.05) is 13.0 Å². The number of hydrogen-bond acceptors (Lipinski definition) is 4. The molecule has 0 N–H and O–H groups in total. The Morgan fingerprint density at radius 2 is 2.44 bits per heavy atom. The van der Waals surface area contributed by atoms with Crippen LogP contribution in [0.5, 0.6) is 0 Å². The van der Waals surface area contributed by atoms with Gasteiger partial charge in [0.25, 0.3) is 0 Å². The Labute approximate surface area is 94.7 Å². The number of carbonyl (C=O) groups excluding carboxylic acids is 2. The van der Waals surface area contributed by atoms with Gasteiger partial charge in [0.1, 0.15) is 6.61 Å². The fourth-order valence-corrected chi connectivity index (χ4v) is 2.42. The number of fused-ring (bicyclic) bond motifs is 1. The number of rotatable bonds is 3. The topological polar surface area (TPSA) is 55.8 Å². The van der Waals surface area contributed by atoms with E-state index in [1.54, 1.807) is 4.90 Å². The number of hydrogen-bond donors (Lipinski definition) is 0. The Morgan fingerprint density at radius 1 is 1.62 bits per heavy atom. The highest BCUT2D eigenvalue weighted by molar-refractivity contribution is 5.71. The number of carbonyl (C=O) groups is 2. The standard InChI is InChI=1S/C11H17NO4/c1-2-15-10(13)6-8-3-4-12-9(5-8)7-16-11(12)14/h8-9H,2-7H2,1H3. The Bertz CT molecular complexity index is 292. The third-order valence-corrected chi connectivity index (χ3v) is 3.22. The molecule has 16 heavy (non-hydrogen) atoms. The fourth-order valence-electron chi connectivity index (χ4n) is 2.42. The average Bonchev–Trinajstić information content (AvgIpc) is 2.60. The Balaban J connectivity index is 1.83. The normalized spacial score (nSPS) is 28.6. The van der Waals surface area contributed by atoms with E-state index in [0.29, 0.717) is 32.1 Å². The van der Waals surface area contributed by atoms with Crippen LogP contribution in [0, 0.1) is 5.92 Å². The number of esters is 1. The maximum Gasteiger partial charge on any atom is 0.410 e. The number of amides is 1. The van der Waals surface area contributed by atoms with Crippen molar-refractivity contribution >= 4 is 12.1 Å². The zero-order valence-electron chi connectivity index (χ0n) is 9.48. The first-order chi connectivity index (χ1) is 7.70. The summed E-state index contributed by atoms with van der Waals surface area (Å²) < 4.78 is 9.90. The average molecular weight is 227 g/mol. The highest BCUT2D eigenvalue weighted by Gasteiger charge is 2.38. The summed E-state index contributed by atoms with van der Waals surface area (Å²) in [5.74, 6) is 0.195. The van der Waals surface area contributed by atoms with Gasteiger partial charge in [-0.05, 0) is 25.7 Å². The molecule has 5 nitrogen and oxygen atoms in total. The fraction of sp³-hybridized carbons (Fsp3) is 0.818. The summed E-state index contributed by atoms with van der Waals surface area (Å²) in [6.45, 7) is 3.42. The molecule has 2 heterocycles. The van der Waals surface area contributed by atoms with Crippen LogP contribution in [0.25, 0.3) is 0 Å². The lowest BCUT2D eigenvalue weighted by Gasteiger charge is -2.31. The van der Waals surface area contributed by atoms with Crippen LogP contribution in [0.1, 0.15) is 26.2 Å². The van der Waals surface area contributed by atoms with E-state index in [1.165, 1.54) is 0 Å². The summed E-state index contributed by atoms with van der Waals surface area (Å²) in [5, 5.41) is 0. The van der Waals surface area contributed by atoms with E-state index in [4.69, 9.17) is 9.47 Å². The first-order valence-corrected chi connectivity index (χ1v) is 5.79. The Hall–Kier alpha value is -1.26. The van der Waals surface area contributed by atoms with E-state index >= 15 is 0 Å². The van der Waals surface area contributed by atoms with Crippen LogP contribution in [-0.2, 0) is 14.3 Å². The molecule has 5 heteroatoms. The van der Waals surface area contributed by atoms with Crippen molar-refractivity contribution in [2.75, 3.05) is 19.8 Å². The van der Waals surface area contributed by atoms with E-state index in [1.807, 2.05) is 6.92 Å². The van der Waals surface area contributed by atoms with Gasteiger partial charge in [-0.1, -0.05) is 0 Å². The van der Waals surface area contributed by atoms with Crippen LogP contribution >= 0.6 is 0 Å². The zero-order valence-corrected chi connectivity index (χ0v) is 9.48. The molecule has 0 aromatic rings. The number of piperidine rings is 1. The molecular weight excluding hydrogens is 210 g/mol. The maximum absolute atomic E-state index is 11.3. The molecule has 2 saturated heterocycles. The van der Waals surface area contributed by atoms with Gasteiger partial charge in [-0.25, -0.2) is 4.79 Å². The van der Waals surface area contributed by atoms with Gasteiger partial charge in [-0.2, -0.15) is 0 Å². The van der Waals surface area contributed by atoms with E-state index in [0.717, 1.165) is 12.8 Å². The molecule has 2 atom stereocenters. The molecule has 0 aromatic heterocycles. The van der Waals surface area contributed by atoms with Crippen molar-refractivity contribution in [3.05, 3.63) is 0 Å². The summed E-state index contributed by atoms with van der Waals surface area (Å²) in [6, 6.07) is 0.167. The van der Waals surface area contributed by atoms with Gasteiger partial charge in [-0.15, -0.1) is 0 Å². The summed E-state index contributed by atoms with van der Waals surface area (Å²) in [6.07, 6.45) is 1.97. The smallest absolute Gasteiger partial charge is 0.410 e. The van der Waals surface area contributed by atoms with Crippen LogP contribution in [0.3, 0.4) is 0 Å². The molecule has 2 aliphatic rings. The van der Waals surface area contributed by atoms with E-state index < -0.39 is 0 Å². The Morgan fingerprint density at radius 3 is 3.19 bits per heavy atom. The van der Waals surface area contributed by atoms with Crippen molar-refractivity contribution in [1.29, 1.82) is 0 Å². The highest BCUT2D eigenvalue weighted by atomic mass is 16.6. The van der Waals surface area contributed by atoms with Crippen LogP contribution in [-0.4, -0.2) is 42.8 Å².